The number of fused-ring (bicyclic) bond motifs is 17. The van der Waals surface area contributed by atoms with Crippen molar-refractivity contribution >= 4 is 66.4 Å². The zero-order chi connectivity index (χ0) is 46.1. The lowest BCUT2D eigenvalue weighted by Crippen LogP contribution is -2.27. The highest BCUT2D eigenvalue weighted by Gasteiger charge is 2.54. The molecule has 1 spiro atoms. The largest absolute Gasteiger partial charge is 0.310 e. The van der Waals surface area contributed by atoms with E-state index in [0.717, 1.165) is 53.1 Å². The second-order valence-corrected chi connectivity index (χ2v) is 18.4. The second-order valence-electron chi connectivity index (χ2n) is 18.4. The predicted molar refractivity (Wildman–Crippen MR) is 288 cm³/mol. The van der Waals surface area contributed by atoms with Gasteiger partial charge in [0.1, 0.15) is 6.07 Å². The normalized spacial score (nSPS) is 12.7. The molecule has 0 aliphatic heterocycles. The lowest BCUT2D eigenvalue weighted by atomic mass is 9.68. The molecule has 0 radical (unpaired) electrons. The molecule has 0 unspecified atom stereocenters. The van der Waals surface area contributed by atoms with Gasteiger partial charge in [-0.2, -0.15) is 5.26 Å². The summed E-state index contributed by atoms with van der Waals surface area (Å²) in [5.74, 6) is 0. The Morgan fingerprint density at radius 3 is 1.65 bits per heavy atom. The maximum absolute atomic E-state index is 10.7. The number of hydrogen-bond donors (Lipinski definition) is 0. The zero-order valence-electron chi connectivity index (χ0n) is 38.4. The topological polar surface area (TPSA) is 30.3 Å². The van der Waals surface area contributed by atoms with Crippen LogP contribution in [-0.4, -0.2) is 0 Å². The fourth-order valence-corrected chi connectivity index (χ4v) is 12.1. The minimum Gasteiger partial charge on any atom is -0.310 e. The van der Waals surface area contributed by atoms with E-state index in [1.54, 1.807) is 0 Å². The average molecular weight is 882 g/mol. The standard InChI is InChI=1S/C66H47N3/c1-2-3-22-44-23-10-20-37-60(44)68(46-25-6-4-7-26-46)48-39-40-55-56(41-48)49-29-12-14-33-53(49)63-57-42-62(69(47-27-8-5-9-28-47)61-38-21-11-24-45(61)43-67)52-32-13-15-34-54(52)64(57)66(65(55)63)58-35-18-16-30-50(58)51-31-17-19-36-59(51)66/h4-21,23-42H,2-3,22H2,1H3. The molecule has 0 amide bonds. The highest BCUT2D eigenvalue weighted by Crippen LogP contribution is 2.67. The van der Waals surface area contributed by atoms with Crippen molar-refractivity contribution in [2.24, 2.45) is 0 Å². The van der Waals surface area contributed by atoms with Crippen LogP contribution < -0.4 is 9.80 Å². The van der Waals surface area contributed by atoms with E-state index in [1.807, 2.05) is 18.2 Å². The summed E-state index contributed by atoms with van der Waals surface area (Å²) in [5, 5.41) is 17.9. The summed E-state index contributed by atoms with van der Waals surface area (Å²) in [6.07, 6.45) is 3.28. The van der Waals surface area contributed by atoms with E-state index in [-0.39, 0.29) is 0 Å². The van der Waals surface area contributed by atoms with Crippen molar-refractivity contribution in [1.82, 2.24) is 0 Å². The number of nitrogens with zero attached hydrogens (tertiary/aromatic N) is 3. The van der Waals surface area contributed by atoms with E-state index in [9.17, 15) is 5.26 Å². The summed E-state index contributed by atoms with van der Waals surface area (Å²) in [7, 11) is 0. The van der Waals surface area contributed by atoms with Gasteiger partial charge in [0.15, 0.2) is 0 Å². The van der Waals surface area contributed by atoms with Crippen molar-refractivity contribution in [2.75, 3.05) is 9.80 Å². The smallest absolute Gasteiger partial charge is 0.101 e. The lowest BCUT2D eigenvalue weighted by molar-refractivity contribution is 0.795. The van der Waals surface area contributed by atoms with Crippen LogP contribution in [-0.2, 0) is 11.8 Å². The molecule has 3 heteroatoms. The van der Waals surface area contributed by atoms with Crippen molar-refractivity contribution in [3.8, 4) is 28.3 Å². The third kappa shape index (κ3) is 5.99. The van der Waals surface area contributed by atoms with Crippen LogP contribution in [0, 0.1) is 11.3 Å². The van der Waals surface area contributed by atoms with Gasteiger partial charge in [-0.3, -0.25) is 0 Å². The summed E-state index contributed by atoms with van der Waals surface area (Å²) < 4.78 is 0. The van der Waals surface area contributed by atoms with Crippen LogP contribution in [0.15, 0.2) is 231 Å². The number of hydrogen-bond acceptors (Lipinski definition) is 3. The van der Waals surface area contributed by atoms with E-state index < -0.39 is 5.41 Å². The Bertz CT molecular complexity index is 3820. The number of rotatable bonds is 9. The monoisotopic (exact) mass is 881 g/mol. The molecule has 69 heavy (non-hydrogen) atoms. The van der Waals surface area contributed by atoms with Crippen LogP contribution in [0.5, 0.6) is 0 Å². The molecule has 326 valence electrons. The van der Waals surface area contributed by atoms with Crippen molar-refractivity contribution in [1.29, 1.82) is 5.26 Å². The van der Waals surface area contributed by atoms with Crippen molar-refractivity contribution in [3.63, 3.8) is 0 Å². The van der Waals surface area contributed by atoms with Crippen molar-refractivity contribution < 1.29 is 0 Å². The highest BCUT2D eigenvalue weighted by molar-refractivity contribution is 6.23. The van der Waals surface area contributed by atoms with E-state index in [0.29, 0.717) is 5.56 Å². The second kappa shape index (κ2) is 16.3. The fourth-order valence-electron chi connectivity index (χ4n) is 12.1. The van der Waals surface area contributed by atoms with Crippen LogP contribution >= 0.6 is 0 Å². The zero-order valence-corrected chi connectivity index (χ0v) is 38.4. The Morgan fingerprint density at radius 2 is 0.957 bits per heavy atom. The maximum Gasteiger partial charge on any atom is 0.101 e. The molecule has 0 atom stereocenters. The van der Waals surface area contributed by atoms with Gasteiger partial charge in [0.25, 0.3) is 0 Å². The Morgan fingerprint density at radius 1 is 0.406 bits per heavy atom. The van der Waals surface area contributed by atoms with Crippen LogP contribution in [0.3, 0.4) is 0 Å². The van der Waals surface area contributed by atoms with Gasteiger partial charge < -0.3 is 9.80 Å². The Balaban J connectivity index is 1.19. The molecule has 2 aliphatic carbocycles. The number of nitriles is 1. The molecule has 0 bridgehead atoms. The fraction of sp³-hybridized carbons (Fsp3) is 0.0758. The molecule has 3 nitrogen and oxygen atoms in total. The number of aryl methyl sites for hydroxylation is 1. The molecule has 13 rings (SSSR count). The summed E-state index contributed by atoms with van der Waals surface area (Å²) in [6, 6.07) is 86.9. The first-order valence-corrected chi connectivity index (χ1v) is 24.2. The first-order chi connectivity index (χ1) is 34.2. The molecule has 0 heterocycles. The van der Waals surface area contributed by atoms with Gasteiger partial charge in [0, 0.05) is 28.1 Å². The molecule has 0 saturated heterocycles. The molecule has 0 saturated carbocycles. The molecule has 11 aromatic rings. The van der Waals surface area contributed by atoms with Crippen molar-refractivity contribution in [2.45, 2.75) is 31.6 Å². The van der Waals surface area contributed by atoms with Gasteiger partial charge in [-0.1, -0.05) is 183 Å². The molecule has 0 aromatic heterocycles. The summed E-state index contributed by atoms with van der Waals surface area (Å²) in [4.78, 5) is 4.77. The Labute approximate surface area is 403 Å². The van der Waals surface area contributed by atoms with Gasteiger partial charge in [-0.15, -0.1) is 0 Å². The molecular weight excluding hydrogens is 835 g/mol. The van der Waals surface area contributed by atoms with Gasteiger partial charge in [0.2, 0.25) is 0 Å². The third-order valence-corrected chi connectivity index (χ3v) is 14.8. The van der Waals surface area contributed by atoms with Gasteiger partial charge in [0.05, 0.1) is 22.4 Å². The molecular formula is C66H47N3. The third-order valence-electron chi connectivity index (χ3n) is 14.8. The van der Waals surface area contributed by atoms with E-state index in [2.05, 4.69) is 235 Å². The minimum atomic E-state index is -0.659. The first-order valence-electron chi connectivity index (χ1n) is 24.2. The van der Waals surface area contributed by atoms with Crippen molar-refractivity contribution in [3.05, 3.63) is 264 Å². The van der Waals surface area contributed by atoms with Crippen LogP contribution in [0.25, 0.3) is 54.6 Å². The maximum atomic E-state index is 10.7. The Hall–Kier alpha value is -8.71. The van der Waals surface area contributed by atoms with Crippen LogP contribution in [0.2, 0.25) is 0 Å². The quantitative estimate of drug-likeness (QED) is 0.135. The summed E-state index contributed by atoms with van der Waals surface area (Å²) in [6.45, 7) is 2.27. The molecule has 2 aliphatic rings. The number of unbranched alkanes of at least 4 members (excludes halogenated alkanes) is 1. The molecule has 0 N–H and O–H groups in total. The van der Waals surface area contributed by atoms with E-state index >= 15 is 0 Å². The predicted octanol–water partition coefficient (Wildman–Crippen LogP) is 17.6. The summed E-state index contributed by atoms with van der Waals surface area (Å²) >= 11 is 0. The molecule has 0 fully saturated rings. The first kappa shape index (κ1) is 40.6. The van der Waals surface area contributed by atoms with Gasteiger partial charge >= 0.3 is 0 Å². The SMILES string of the molecule is CCCCc1ccccc1N(c1ccccc1)c1ccc2c3c(c4ccccc4c2c1)-c1cc(N(c2ccccc2)c2ccccc2C#N)c2ccccc2c1C31c2ccccc2-c2ccccc21. The lowest BCUT2D eigenvalue weighted by Gasteiger charge is -2.34. The highest BCUT2D eigenvalue weighted by atomic mass is 15.2. The van der Waals surface area contributed by atoms with Gasteiger partial charge in [-0.25, -0.2) is 0 Å². The minimum absolute atomic E-state index is 0.617. The average Bonchev–Trinajstić information content (AvgIpc) is 3.89. The van der Waals surface area contributed by atoms with Gasteiger partial charge in [-0.05, 0) is 151 Å². The Kier molecular flexibility index (Phi) is 9.56. The molecule has 11 aromatic carbocycles. The summed E-state index contributed by atoms with van der Waals surface area (Å²) in [5.41, 5.74) is 17.9. The van der Waals surface area contributed by atoms with E-state index in [1.165, 1.54) is 82.7 Å². The number of anilines is 6. The van der Waals surface area contributed by atoms with E-state index in [4.69, 9.17) is 0 Å². The van der Waals surface area contributed by atoms with Crippen LogP contribution in [0.1, 0.15) is 53.1 Å². The number of benzene rings is 11. The van der Waals surface area contributed by atoms with Crippen LogP contribution in [0.4, 0.5) is 34.1 Å². The number of para-hydroxylation sites is 4.